The number of aliphatic hydroxyl groups is 1. The molecule has 0 amide bonds. The summed E-state index contributed by atoms with van der Waals surface area (Å²) in [6.07, 6.45) is 0.110. The van der Waals surface area contributed by atoms with Crippen molar-refractivity contribution in [1.29, 1.82) is 0 Å². The first kappa shape index (κ1) is 26.8. The van der Waals surface area contributed by atoms with Crippen LogP contribution >= 0.6 is 45.2 Å². The van der Waals surface area contributed by atoms with Crippen molar-refractivity contribution < 1.29 is 30.3 Å². The molecule has 0 saturated carbocycles. The highest BCUT2D eigenvalue weighted by atomic mass is 127. The maximum Gasteiger partial charge on any atom is 0.308 e. The first-order chi connectivity index (χ1) is 13.6. The molecule has 0 heterocycles. The van der Waals surface area contributed by atoms with Crippen LogP contribution in [0, 0.1) is 7.14 Å². The summed E-state index contributed by atoms with van der Waals surface area (Å²) in [5.74, 6) is 0.325. The van der Waals surface area contributed by atoms with Gasteiger partial charge in [0.1, 0.15) is 11.4 Å². The molecule has 7 nitrogen and oxygen atoms in total. The molecule has 0 fully saturated rings. The number of methoxy groups -OCH3 is 1. The molecule has 0 saturated heterocycles. The Kier molecular flexibility index (Phi) is 12.3. The Bertz CT molecular complexity index is 657. The van der Waals surface area contributed by atoms with Crippen LogP contribution in [-0.2, 0) is 19.0 Å². The maximum atomic E-state index is 12.5. The molecule has 1 unspecified atom stereocenters. The molecule has 1 aromatic carbocycles. The molecule has 0 aromatic heterocycles. The van der Waals surface area contributed by atoms with Gasteiger partial charge < -0.3 is 29.4 Å². The number of carbonyl (C=O) groups excluding carboxylic acids is 1. The van der Waals surface area contributed by atoms with Gasteiger partial charge in [-0.15, -0.1) is 0 Å². The van der Waals surface area contributed by atoms with Crippen LogP contribution in [0.15, 0.2) is 12.1 Å². The molecule has 29 heavy (non-hydrogen) atoms. The summed E-state index contributed by atoms with van der Waals surface area (Å²) in [5, 5.41) is 12.8. The highest BCUT2D eigenvalue weighted by molar-refractivity contribution is 14.1. The SMILES string of the molecule is COCCOCOc1c(I)cc(I)cc1[C@H](CC(=O)OC(C)(C)C)NC(C)CO.[HH]. The molecule has 0 aliphatic heterocycles. The van der Waals surface area contributed by atoms with Crippen LogP contribution in [0.5, 0.6) is 5.75 Å². The lowest BCUT2D eigenvalue weighted by Crippen LogP contribution is -2.36. The van der Waals surface area contributed by atoms with Gasteiger partial charge in [-0.25, -0.2) is 0 Å². The molecule has 0 aliphatic rings. The van der Waals surface area contributed by atoms with Crippen LogP contribution in [0.3, 0.4) is 0 Å². The lowest BCUT2D eigenvalue weighted by atomic mass is 10.0. The molecule has 0 aliphatic carbocycles. The zero-order valence-corrected chi connectivity index (χ0v) is 21.9. The lowest BCUT2D eigenvalue weighted by Gasteiger charge is -2.27. The third-order valence-electron chi connectivity index (χ3n) is 3.68. The predicted octanol–water partition coefficient (Wildman–Crippen LogP) is 3.88. The van der Waals surface area contributed by atoms with Crippen molar-refractivity contribution in [3.05, 3.63) is 24.8 Å². The number of carbonyl (C=O) groups is 1. The van der Waals surface area contributed by atoms with E-state index < -0.39 is 5.60 Å². The summed E-state index contributed by atoms with van der Waals surface area (Å²) in [5.41, 5.74) is 0.251. The third kappa shape index (κ3) is 10.6. The Labute approximate surface area is 202 Å². The van der Waals surface area contributed by atoms with Crippen LogP contribution in [0.1, 0.15) is 47.1 Å². The minimum atomic E-state index is -0.571. The highest BCUT2D eigenvalue weighted by Crippen LogP contribution is 2.35. The average molecular weight is 637 g/mol. The third-order valence-corrected chi connectivity index (χ3v) is 5.11. The van der Waals surface area contributed by atoms with E-state index in [-0.39, 0.29) is 39.3 Å². The maximum absolute atomic E-state index is 12.5. The quantitative estimate of drug-likeness (QED) is 0.156. The largest absolute Gasteiger partial charge is 0.466 e. The number of hydrogen-bond donors (Lipinski definition) is 2. The summed E-state index contributed by atoms with van der Waals surface area (Å²) >= 11 is 4.44. The van der Waals surface area contributed by atoms with E-state index in [1.54, 1.807) is 7.11 Å². The van der Waals surface area contributed by atoms with Gasteiger partial charge in [-0.1, -0.05) is 0 Å². The number of benzene rings is 1. The van der Waals surface area contributed by atoms with Crippen molar-refractivity contribution in [2.45, 2.75) is 51.8 Å². The van der Waals surface area contributed by atoms with E-state index >= 15 is 0 Å². The van der Waals surface area contributed by atoms with Crippen LogP contribution in [0.2, 0.25) is 0 Å². The van der Waals surface area contributed by atoms with Gasteiger partial charge in [0, 0.05) is 29.8 Å². The fraction of sp³-hybridized carbons (Fsp3) is 0.650. The van der Waals surface area contributed by atoms with Crippen molar-refractivity contribution in [3.63, 3.8) is 0 Å². The molecule has 1 rings (SSSR count). The molecule has 2 N–H and O–H groups in total. The highest BCUT2D eigenvalue weighted by Gasteiger charge is 2.26. The van der Waals surface area contributed by atoms with E-state index in [1.165, 1.54) is 0 Å². The van der Waals surface area contributed by atoms with Crippen LogP contribution < -0.4 is 10.1 Å². The van der Waals surface area contributed by atoms with Gasteiger partial charge in [0.2, 0.25) is 0 Å². The van der Waals surface area contributed by atoms with E-state index in [0.717, 1.165) is 12.7 Å². The molecule has 9 heteroatoms. The van der Waals surface area contributed by atoms with Crippen molar-refractivity contribution in [1.82, 2.24) is 5.32 Å². The fourth-order valence-electron chi connectivity index (χ4n) is 2.50. The van der Waals surface area contributed by atoms with Gasteiger partial charge in [0.05, 0.1) is 29.8 Å². The summed E-state index contributed by atoms with van der Waals surface area (Å²) in [4.78, 5) is 12.5. The number of ether oxygens (including phenoxy) is 4. The number of rotatable bonds is 12. The van der Waals surface area contributed by atoms with Gasteiger partial charge in [0.25, 0.3) is 0 Å². The second-order valence-electron chi connectivity index (χ2n) is 7.56. The number of esters is 1. The Balaban J connectivity index is 0.00000841. The number of aliphatic hydroxyl groups excluding tert-OH is 1. The molecule has 1 aromatic rings. The van der Waals surface area contributed by atoms with Gasteiger partial charge in [-0.05, 0) is 85.0 Å². The van der Waals surface area contributed by atoms with Crippen LogP contribution in [0.4, 0.5) is 0 Å². The standard InChI is InChI=1S/C20H31I2NO6.H2/c1-13(11-24)23-17(10-18(25)29-20(2,3)4)15-8-14(21)9-16(22)19(15)28-12-27-7-6-26-5;/h8-9,13,17,23-24H,6-7,10-12H2,1-5H3;1H/t13?,17-;/m0./s1. The number of hydrogen-bond acceptors (Lipinski definition) is 7. The van der Waals surface area contributed by atoms with Gasteiger partial charge in [0.15, 0.2) is 6.79 Å². The van der Waals surface area contributed by atoms with E-state index in [4.69, 9.17) is 18.9 Å². The summed E-state index contributed by atoms with van der Waals surface area (Å²) in [7, 11) is 1.61. The Morgan fingerprint density at radius 2 is 1.97 bits per heavy atom. The topological polar surface area (TPSA) is 86.3 Å². The first-order valence-corrected chi connectivity index (χ1v) is 11.5. The van der Waals surface area contributed by atoms with E-state index in [2.05, 4.69) is 50.5 Å². The summed E-state index contributed by atoms with van der Waals surface area (Å²) in [6, 6.07) is 3.38. The Hall–Kier alpha value is -0.210. The van der Waals surface area contributed by atoms with Crippen molar-refractivity contribution in [3.8, 4) is 5.75 Å². The van der Waals surface area contributed by atoms with Crippen molar-refractivity contribution in [2.24, 2.45) is 0 Å². The Morgan fingerprint density at radius 1 is 1.28 bits per heavy atom. The smallest absolute Gasteiger partial charge is 0.308 e. The Morgan fingerprint density at radius 3 is 2.55 bits per heavy atom. The lowest BCUT2D eigenvalue weighted by molar-refractivity contribution is -0.155. The summed E-state index contributed by atoms with van der Waals surface area (Å²) in [6.45, 7) is 8.29. The summed E-state index contributed by atoms with van der Waals surface area (Å²) < 4.78 is 23.7. The molecule has 0 spiro atoms. The average Bonchev–Trinajstić information content (AvgIpc) is 2.60. The molecule has 168 valence electrons. The molecule has 0 radical (unpaired) electrons. The van der Waals surface area contributed by atoms with E-state index in [1.807, 2.05) is 39.8 Å². The second-order valence-corrected chi connectivity index (χ2v) is 9.97. The van der Waals surface area contributed by atoms with E-state index in [9.17, 15) is 9.90 Å². The molecular formula is C20H33I2NO6. The minimum absolute atomic E-state index is 0. The zero-order chi connectivity index (χ0) is 22.0. The van der Waals surface area contributed by atoms with Gasteiger partial charge in [-0.2, -0.15) is 0 Å². The number of nitrogens with one attached hydrogen (secondary N) is 1. The van der Waals surface area contributed by atoms with Crippen LogP contribution in [0.25, 0.3) is 0 Å². The van der Waals surface area contributed by atoms with E-state index in [0.29, 0.717) is 19.0 Å². The number of halogens is 2. The van der Waals surface area contributed by atoms with Crippen LogP contribution in [-0.4, -0.2) is 56.4 Å². The van der Waals surface area contributed by atoms with Gasteiger partial charge in [-0.3, -0.25) is 4.79 Å². The van der Waals surface area contributed by atoms with Gasteiger partial charge >= 0.3 is 5.97 Å². The first-order valence-electron chi connectivity index (χ1n) is 9.34. The van der Waals surface area contributed by atoms with Crippen molar-refractivity contribution in [2.75, 3.05) is 33.7 Å². The fourth-order valence-corrected chi connectivity index (χ4v) is 4.54. The minimum Gasteiger partial charge on any atom is -0.466 e. The molecule has 0 bridgehead atoms. The monoisotopic (exact) mass is 637 g/mol. The normalized spacial score (nSPS) is 13.8. The molecule has 2 atom stereocenters. The molecular weight excluding hydrogens is 604 g/mol. The van der Waals surface area contributed by atoms with Crippen molar-refractivity contribution >= 4 is 51.2 Å². The predicted molar refractivity (Wildman–Crippen MR) is 130 cm³/mol. The second kappa shape index (κ2) is 13.3. The zero-order valence-electron chi connectivity index (χ0n) is 17.6.